The molecule has 0 amide bonds. The minimum absolute atomic E-state index is 0.198. The molecule has 1 aliphatic rings. The Bertz CT molecular complexity index is 1880. The summed E-state index contributed by atoms with van der Waals surface area (Å²) in [6, 6.07) is 44.5. The molecule has 200 valence electrons. The lowest BCUT2D eigenvalue weighted by Crippen LogP contribution is -2.24. The largest absolute Gasteiger partial charge is 0.456 e. The normalized spacial score (nSPS) is 13.1. The molecule has 0 heterocycles. The van der Waals surface area contributed by atoms with Crippen molar-refractivity contribution in [2.24, 2.45) is 0 Å². The number of nitrogens with zero attached hydrogens (tertiary/aromatic N) is 1. The molecule has 0 atom stereocenters. The topological polar surface area (TPSA) is 12.5 Å². The van der Waals surface area contributed by atoms with Crippen LogP contribution in [0.1, 0.15) is 25.0 Å². The van der Waals surface area contributed by atoms with Crippen molar-refractivity contribution in [1.82, 2.24) is 0 Å². The van der Waals surface area contributed by atoms with Crippen molar-refractivity contribution in [3.63, 3.8) is 0 Å². The van der Waals surface area contributed by atoms with E-state index in [0.717, 1.165) is 27.3 Å². The van der Waals surface area contributed by atoms with E-state index in [2.05, 4.69) is 138 Å². The molecule has 4 heteroatoms. The van der Waals surface area contributed by atoms with Gasteiger partial charge in [-0.3, -0.25) is 0 Å². The second-order valence-corrected chi connectivity index (χ2v) is 12.1. The van der Waals surface area contributed by atoms with Gasteiger partial charge in [-0.2, -0.15) is 0 Å². The molecule has 0 bridgehead atoms. The SMILES string of the molecule is CC1(C)c2ccc(Oc3cccc(Br)c3Cl)cc2-c2ccc(N(c3ccccc3)c3ccccc3)c3cccc1c23. The van der Waals surface area contributed by atoms with E-state index in [4.69, 9.17) is 16.3 Å². The fourth-order valence-electron chi connectivity index (χ4n) is 6.10. The Labute approximate surface area is 253 Å². The van der Waals surface area contributed by atoms with E-state index in [1.807, 2.05) is 24.3 Å². The van der Waals surface area contributed by atoms with Gasteiger partial charge in [0.05, 0.1) is 10.7 Å². The summed E-state index contributed by atoms with van der Waals surface area (Å²) in [6.45, 7) is 4.63. The number of benzene rings is 6. The van der Waals surface area contributed by atoms with Gasteiger partial charge in [0.25, 0.3) is 0 Å². The number of ether oxygens (including phenoxy) is 1. The third-order valence-corrected chi connectivity index (χ3v) is 9.34. The number of halogens is 2. The van der Waals surface area contributed by atoms with Crippen LogP contribution in [0.3, 0.4) is 0 Å². The Hall–Kier alpha value is -4.05. The highest BCUT2D eigenvalue weighted by molar-refractivity contribution is 9.10. The molecule has 0 fully saturated rings. The third-order valence-electron chi connectivity index (χ3n) is 8.06. The number of para-hydroxylation sites is 2. The van der Waals surface area contributed by atoms with Gasteiger partial charge in [-0.1, -0.05) is 98.2 Å². The van der Waals surface area contributed by atoms with Crippen LogP contribution in [0.5, 0.6) is 11.5 Å². The predicted molar refractivity (Wildman–Crippen MR) is 175 cm³/mol. The Morgan fingerprint density at radius 3 is 2.05 bits per heavy atom. The first-order valence-corrected chi connectivity index (χ1v) is 14.8. The summed E-state index contributed by atoms with van der Waals surface area (Å²) >= 11 is 10.0. The Morgan fingerprint density at radius 1 is 0.659 bits per heavy atom. The van der Waals surface area contributed by atoms with Crippen LogP contribution in [0.25, 0.3) is 21.9 Å². The summed E-state index contributed by atoms with van der Waals surface area (Å²) in [5, 5.41) is 3.05. The van der Waals surface area contributed by atoms with E-state index in [0.29, 0.717) is 10.8 Å². The van der Waals surface area contributed by atoms with Crippen molar-refractivity contribution in [1.29, 1.82) is 0 Å². The summed E-state index contributed by atoms with van der Waals surface area (Å²) in [4.78, 5) is 2.35. The Morgan fingerprint density at radius 2 is 1.34 bits per heavy atom. The molecule has 0 spiro atoms. The smallest absolute Gasteiger partial charge is 0.147 e. The first-order chi connectivity index (χ1) is 19.9. The first kappa shape index (κ1) is 25.9. The Kier molecular flexibility index (Phi) is 6.37. The molecule has 0 saturated heterocycles. The zero-order chi connectivity index (χ0) is 28.1. The summed E-state index contributed by atoms with van der Waals surface area (Å²) in [5.41, 5.74) is 8.19. The van der Waals surface area contributed by atoms with Crippen molar-refractivity contribution >= 4 is 55.4 Å². The van der Waals surface area contributed by atoms with Gasteiger partial charge in [0.2, 0.25) is 0 Å². The zero-order valence-corrected chi connectivity index (χ0v) is 25.1. The van der Waals surface area contributed by atoms with Crippen molar-refractivity contribution in [3.05, 3.63) is 148 Å². The molecule has 0 saturated carbocycles. The molecule has 1 aliphatic carbocycles. The van der Waals surface area contributed by atoms with Crippen LogP contribution in [0.4, 0.5) is 17.1 Å². The molecule has 0 aliphatic heterocycles. The van der Waals surface area contributed by atoms with Gasteiger partial charge in [0.1, 0.15) is 11.5 Å². The molecule has 0 aromatic heterocycles. The summed E-state index contributed by atoms with van der Waals surface area (Å²) in [5.74, 6) is 1.38. The molecule has 0 N–H and O–H groups in total. The van der Waals surface area contributed by atoms with E-state index in [1.165, 1.54) is 33.0 Å². The highest BCUT2D eigenvalue weighted by atomic mass is 79.9. The van der Waals surface area contributed by atoms with Crippen LogP contribution >= 0.6 is 27.5 Å². The molecular weight excluding hydrogens is 590 g/mol. The molecule has 2 nitrogen and oxygen atoms in total. The van der Waals surface area contributed by atoms with Crippen LogP contribution in [-0.4, -0.2) is 0 Å². The first-order valence-electron chi connectivity index (χ1n) is 13.7. The second-order valence-electron chi connectivity index (χ2n) is 10.9. The van der Waals surface area contributed by atoms with Crippen LogP contribution in [0.15, 0.2) is 132 Å². The maximum Gasteiger partial charge on any atom is 0.147 e. The van der Waals surface area contributed by atoms with Crippen molar-refractivity contribution in [2.45, 2.75) is 19.3 Å². The summed E-state index contributed by atoms with van der Waals surface area (Å²) in [6.07, 6.45) is 0. The fourth-order valence-corrected chi connectivity index (χ4v) is 6.62. The fraction of sp³-hybridized carbons (Fsp3) is 0.0811. The zero-order valence-electron chi connectivity index (χ0n) is 22.7. The number of hydrogen-bond acceptors (Lipinski definition) is 2. The minimum Gasteiger partial charge on any atom is -0.456 e. The van der Waals surface area contributed by atoms with Gasteiger partial charge in [-0.25, -0.2) is 0 Å². The monoisotopic (exact) mass is 615 g/mol. The quantitative estimate of drug-likeness (QED) is 0.191. The van der Waals surface area contributed by atoms with Gasteiger partial charge in [-0.05, 0) is 98.2 Å². The van der Waals surface area contributed by atoms with Crippen LogP contribution in [0, 0.1) is 0 Å². The van der Waals surface area contributed by atoms with Gasteiger partial charge >= 0.3 is 0 Å². The number of anilines is 3. The number of fused-ring (bicyclic) bond motifs is 2. The maximum atomic E-state index is 6.54. The lowest BCUT2D eigenvalue weighted by atomic mass is 9.68. The predicted octanol–water partition coefficient (Wildman–Crippen LogP) is 11.8. The van der Waals surface area contributed by atoms with E-state index in [9.17, 15) is 0 Å². The Balaban J connectivity index is 1.44. The lowest BCUT2D eigenvalue weighted by Gasteiger charge is -2.36. The summed E-state index contributed by atoms with van der Waals surface area (Å²) in [7, 11) is 0. The van der Waals surface area contributed by atoms with Gasteiger partial charge in [0, 0.05) is 26.6 Å². The van der Waals surface area contributed by atoms with E-state index >= 15 is 0 Å². The molecule has 6 aromatic carbocycles. The highest BCUT2D eigenvalue weighted by Gasteiger charge is 2.34. The molecule has 0 radical (unpaired) electrons. The highest BCUT2D eigenvalue weighted by Crippen LogP contribution is 2.52. The standard InChI is InChI=1S/C37H27BrClNO/c1-37(2)30-21-19-26(41-34-18-10-17-32(38)36(34)39)23-29(30)27-20-22-33(28-15-9-16-31(37)35(27)28)40(24-11-5-3-6-12-24)25-13-7-4-8-14-25/h3-23H,1-2H3. The minimum atomic E-state index is -0.198. The van der Waals surface area contributed by atoms with E-state index in [1.54, 1.807) is 0 Å². The lowest BCUT2D eigenvalue weighted by molar-refractivity contribution is 0.482. The number of hydrogen-bond donors (Lipinski definition) is 0. The van der Waals surface area contributed by atoms with Gasteiger partial charge < -0.3 is 9.64 Å². The molecule has 0 unspecified atom stereocenters. The summed E-state index contributed by atoms with van der Waals surface area (Å²) < 4.78 is 7.12. The van der Waals surface area contributed by atoms with Gasteiger partial charge in [0.15, 0.2) is 0 Å². The number of rotatable bonds is 5. The second kappa shape index (κ2) is 10.1. The van der Waals surface area contributed by atoms with Crippen molar-refractivity contribution in [3.8, 4) is 22.6 Å². The molecular formula is C37H27BrClNO. The van der Waals surface area contributed by atoms with Crippen LogP contribution in [0.2, 0.25) is 5.02 Å². The average Bonchev–Trinajstić information content (AvgIpc) is 3.00. The third kappa shape index (κ3) is 4.32. The van der Waals surface area contributed by atoms with Gasteiger partial charge in [-0.15, -0.1) is 0 Å². The van der Waals surface area contributed by atoms with Crippen molar-refractivity contribution in [2.75, 3.05) is 4.90 Å². The molecule has 7 rings (SSSR count). The average molecular weight is 617 g/mol. The van der Waals surface area contributed by atoms with Crippen LogP contribution in [-0.2, 0) is 5.41 Å². The van der Waals surface area contributed by atoms with E-state index < -0.39 is 0 Å². The van der Waals surface area contributed by atoms with Crippen LogP contribution < -0.4 is 9.64 Å². The van der Waals surface area contributed by atoms with E-state index in [-0.39, 0.29) is 5.41 Å². The van der Waals surface area contributed by atoms with Crippen molar-refractivity contribution < 1.29 is 4.74 Å². The molecule has 6 aromatic rings. The molecule has 41 heavy (non-hydrogen) atoms. The maximum absolute atomic E-state index is 6.54.